The third-order valence-electron chi connectivity index (χ3n) is 5.41. The number of hydrogen-bond donors (Lipinski definition) is 1. The Kier molecular flexibility index (Phi) is 6.35. The molecule has 4 rings (SSSR count). The molecule has 0 spiro atoms. The van der Waals surface area contributed by atoms with Gasteiger partial charge in [-0.3, -0.25) is 14.7 Å². The van der Waals surface area contributed by atoms with Crippen molar-refractivity contribution in [2.24, 2.45) is 4.99 Å². The molecule has 2 aliphatic heterocycles. The van der Waals surface area contributed by atoms with Crippen molar-refractivity contribution in [3.63, 3.8) is 0 Å². The molecule has 1 unspecified atom stereocenters. The summed E-state index contributed by atoms with van der Waals surface area (Å²) in [5.74, 6) is -0.0542. The van der Waals surface area contributed by atoms with Crippen molar-refractivity contribution < 1.29 is 4.79 Å². The lowest BCUT2D eigenvalue weighted by Gasteiger charge is -2.38. The van der Waals surface area contributed by atoms with Crippen molar-refractivity contribution in [3.05, 3.63) is 52.6 Å². The largest absolute Gasteiger partial charge is 0.350 e. The molecule has 7 nitrogen and oxygen atoms in total. The first-order chi connectivity index (χ1) is 14.6. The predicted octanol–water partition coefficient (Wildman–Crippen LogP) is 3.34. The van der Waals surface area contributed by atoms with E-state index in [1.54, 1.807) is 11.3 Å². The second-order valence-electron chi connectivity index (χ2n) is 7.43. The lowest BCUT2D eigenvalue weighted by Crippen LogP contribution is -2.47. The maximum absolute atomic E-state index is 11.1. The number of nitrogens with one attached hydrogen (secondary N) is 1. The zero-order chi connectivity index (χ0) is 20.9. The first-order valence-electron chi connectivity index (χ1n) is 10.2. The quantitative estimate of drug-likeness (QED) is 0.800. The number of benzene rings is 1. The number of carbonyl (C=O) groups is 1. The zero-order valence-electron chi connectivity index (χ0n) is 17.3. The molecule has 1 aromatic carbocycles. The number of carbonyl (C=O) groups excluding carboxylic acids is 1. The van der Waals surface area contributed by atoms with Gasteiger partial charge in [-0.2, -0.15) is 0 Å². The molecule has 1 atom stereocenters. The summed E-state index contributed by atoms with van der Waals surface area (Å²) in [5, 5.41) is 13.0. The summed E-state index contributed by atoms with van der Waals surface area (Å²) in [6.07, 6.45) is 9.94. The molecule has 1 N–H and O–H groups in total. The highest BCUT2D eigenvalue weighted by molar-refractivity contribution is 7.15. The smallest absolute Gasteiger partial charge is 0.217 e. The van der Waals surface area contributed by atoms with Gasteiger partial charge in [0.25, 0.3) is 0 Å². The fourth-order valence-corrected chi connectivity index (χ4v) is 4.47. The van der Waals surface area contributed by atoms with Crippen LogP contribution in [0.15, 0.2) is 41.4 Å². The Bertz CT molecular complexity index is 987. The number of allylic oxidation sites excluding steroid dienone is 3. The minimum absolute atomic E-state index is 0.0542. The van der Waals surface area contributed by atoms with Gasteiger partial charge in [0.2, 0.25) is 11.0 Å². The molecule has 1 amide bonds. The molecule has 2 aromatic rings. The van der Waals surface area contributed by atoms with Crippen LogP contribution in [0.4, 0.5) is 10.8 Å². The molecule has 1 saturated heterocycles. The van der Waals surface area contributed by atoms with E-state index in [2.05, 4.69) is 67.6 Å². The third kappa shape index (κ3) is 4.83. The van der Waals surface area contributed by atoms with Gasteiger partial charge in [-0.25, -0.2) is 0 Å². The normalized spacial score (nSPS) is 19.5. The maximum atomic E-state index is 11.1. The molecule has 2 aliphatic rings. The number of aromatic nitrogens is 2. The van der Waals surface area contributed by atoms with Gasteiger partial charge >= 0.3 is 0 Å². The van der Waals surface area contributed by atoms with Crippen LogP contribution in [0.5, 0.6) is 0 Å². The van der Waals surface area contributed by atoms with Gasteiger partial charge in [0.05, 0.1) is 12.2 Å². The van der Waals surface area contributed by atoms with Crippen molar-refractivity contribution in [2.75, 3.05) is 31.1 Å². The lowest BCUT2D eigenvalue weighted by molar-refractivity contribution is -0.119. The van der Waals surface area contributed by atoms with Gasteiger partial charge in [0.15, 0.2) is 0 Å². The number of piperazine rings is 1. The van der Waals surface area contributed by atoms with Crippen LogP contribution in [0.2, 0.25) is 0 Å². The Morgan fingerprint density at radius 2 is 2.00 bits per heavy atom. The van der Waals surface area contributed by atoms with Crippen molar-refractivity contribution in [1.82, 2.24) is 20.4 Å². The highest BCUT2D eigenvalue weighted by Gasteiger charge is 2.24. The van der Waals surface area contributed by atoms with Gasteiger partial charge in [0.1, 0.15) is 5.01 Å². The van der Waals surface area contributed by atoms with Gasteiger partial charge < -0.3 is 10.2 Å². The standard InChI is InChI=1S/C22H26N6OS/c1-16(18-7-8-20-19(14-18)6-4-3-5-9-23-20)27-10-12-28(13-11-27)22-26-25-21(30-22)15-24-17(2)29/h3-9,14,16H,10-13,15H2,1-2H3,(H,24,29)/b4-3?,5-3+,6-4+,9-5?,19-6?,23-9?,23-20?. The number of nitrogens with zero attached hydrogens (tertiary/aromatic N) is 5. The Hall–Kier alpha value is -2.84. The molecule has 30 heavy (non-hydrogen) atoms. The fraction of sp³-hybridized carbons (Fsp3) is 0.364. The first-order valence-corrected chi connectivity index (χ1v) is 11.0. The number of rotatable bonds is 5. The second kappa shape index (κ2) is 9.32. The predicted molar refractivity (Wildman–Crippen MR) is 122 cm³/mol. The van der Waals surface area contributed by atoms with Gasteiger partial charge in [0, 0.05) is 50.9 Å². The van der Waals surface area contributed by atoms with E-state index in [-0.39, 0.29) is 5.91 Å². The van der Waals surface area contributed by atoms with E-state index in [4.69, 9.17) is 0 Å². The summed E-state index contributed by atoms with van der Waals surface area (Å²) < 4.78 is 0. The molecule has 1 aromatic heterocycles. The number of anilines is 1. The van der Waals surface area contributed by atoms with Crippen LogP contribution in [0.25, 0.3) is 6.08 Å². The van der Waals surface area contributed by atoms with E-state index in [1.807, 2.05) is 18.4 Å². The number of amides is 1. The van der Waals surface area contributed by atoms with Crippen LogP contribution in [0.1, 0.15) is 36.0 Å². The molecular formula is C22H26N6OS. The van der Waals surface area contributed by atoms with E-state index >= 15 is 0 Å². The highest BCUT2D eigenvalue weighted by Crippen LogP contribution is 2.30. The van der Waals surface area contributed by atoms with Crippen LogP contribution < -0.4 is 10.2 Å². The van der Waals surface area contributed by atoms with Crippen LogP contribution in [-0.4, -0.2) is 53.4 Å². The Morgan fingerprint density at radius 3 is 2.80 bits per heavy atom. The van der Waals surface area contributed by atoms with Crippen LogP contribution in [0.3, 0.4) is 0 Å². The Balaban J connectivity index is 1.37. The summed E-state index contributed by atoms with van der Waals surface area (Å²) in [6.45, 7) is 7.98. The van der Waals surface area contributed by atoms with E-state index in [9.17, 15) is 4.79 Å². The zero-order valence-corrected chi connectivity index (χ0v) is 18.1. The molecule has 156 valence electrons. The van der Waals surface area contributed by atoms with Crippen LogP contribution >= 0.6 is 11.3 Å². The summed E-state index contributed by atoms with van der Waals surface area (Å²) in [5.41, 5.74) is 3.46. The van der Waals surface area contributed by atoms with E-state index in [0.29, 0.717) is 12.6 Å². The topological polar surface area (TPSA) is 73.7 Å². The fourth-order valence-electron chi connectivity index (χ4n) is 3.64. The summed E-state index contributed by atoms with van der Waals surface area (Å²) in [6, 6.07) is 6.87. The summed E-state index contributed by atoms with van der Waals surface area (Å²) >= 11 is 1.55. The average Bonchev–Trinajstić information content (AvgIpc) is 3.21. The minimum atomic E-state index is -0.0542. The summed E-state index contributed by atoms with van der Waals surface area (Å²) in [4.78, 5) is 20.4. The number of fused-ring (bicyclic) bond motifs is 1. The van der Waals surface area contributed by atoms with Crippen molar-refractivity contribution >= 4 is 40.4 Å². The third-order valence-corrected chi connectivity index (χ3v) is 6.39. The number of aliphatic imine (C=N–C) groups is 1. The lowest BCUT2D eigenvalue weighted by atomic mass is 10.0. The molecule has 0 aliphatic carbocycles. The second-order valence-corrected chi connectivity index (χ2v) is 8.47. The van der Waals surface area contributed by atoms with Gasteiger partial charge in [-0.1, -0.05) is 35.6 Å². The molecule has 0 bridgehead atoms. The molecule has 3 heterocycles. The van der Waals surface area contributed by atoms with Gasteiger partial charge in [-0.15, -0.1) is 10.2 Å². The highest BCUT2D eigenvalue weighted by atomic mass is 32.1. The molecular weight excluding hydrogens is 396 g/mol. The SMILES string of the molecule is CC(=O)NCc1nnc(N2CCN(C(C)c3ccc4c(c3)/C=C/C=C/C=N4)CC2)s1. The van der Waals surface area contributed by atoms with Gasteiger partial charge in [-0.05, 0) is 30.7 Å². The van der Waals surface area contributed by atoms with E-state index < -0.39 is 0 Å². The van der Waals surface area contributed by atoms with Crippen molar-refractivity contribution in [3.8, 4) is 0 Å². The Labute approximate surface area is 180 Å². The average molecular weight is 423 g/mol. The molecule has 8 heteroatoms. The molecule has 0 radical (unpaired) electrons. The molecule has 0 saturated carbocycles. The Morgan fingerprint density at radius 1 is 1.17 bits per heavy atom. The van der Waals surface area contributed by atoms with Crippen LogP contribution in [-0.2, 0) is 11.3 Å². The maximum Gasteiger partial charge on any atom is 0.217 e. The van der Waals surface area contributed by atoms with E-state index in [1.165, 1.54) is 12.5 Å². The summed E-state index contributed by atoms with van der Waals surface area (Å²) in [7, 11) is 0. The van der Waals surface area contributed by atoms with E-state index in [0.717, 1.165) is 47.6 Å². The van der Waals surface area contributed by atoms with Crippen molar-refractivity contribution in [1.29, 1.82) is 0 Å². The monoisotopic (exact) mass is 422 g/mol. The number of hydrogen-bond acceptors (Lipinski definition) is 7. The first kappa shape index (κ1) is 20.4. The van der Waals surface area contributed by atoms with Crippen molar-refractivity contribution in [2.45, 2.75) is 26.4 Å². The van der Waals surface area contributed by atoms with Crippen LogP contribution in [0, 0.1) is 0 Å². The molecule has 1 fully saturated rings. The minimum Gasteiger partial charge on any atom is -0.350 e.